The summed E-state index contributed by atoms with van der Waals surface area (Å²) in [6.45, 7) is 2.38. The van der Waals surface area contributed by atoms with Crippen molar-refractivity contribution in [2.24, 2.45) is 5.41 Å². The first kappa shape index (κ1) is 10.0. The van der Waals surface area contributed by atoms with E-state index in [4.69, 9.17) is 25.4 Å². The predicted molar refractivity (Wildman–Crippen MR) is 50.9 cm³/mol. The molecule has 3 fully saturated rings. The highest BCUT2D eigenvalue weighted by molar-refractivity contribution is 8.07. The van der Waals surface area contributed by atoms with E-state index in [0.717, 1.165) is 0 Å². The molecule has 3 aliphatic heterocycles. The van der Waals surface area contributed by atoms with Gasteiger partial charge in [0.25, 0.3) is 0 Å². The molecule has 2 bridgehead atoms. The molecule has 3 heterocycles. The minimum Gasteiger partial charge on any atom is -0.390 e. The van der Waals surface area contributed by atoms with Crippen molar-refractivity contribution in [3.8, 4) is 0 Å². The lowest BCUT2D eigenvalue weighted by molar-refractivity contribution is -0.172. The average molecular weight is 224 g/mol. The van der Waals surface area contributed by atoms with Crippen LogP contribution in [0.3, 0.4) is 0 Å². The molecule has 3 saturated heterocycles. The van der Waals surface area contributed by atoms with Crippen molar-refractivity contribution >= 4 is 18.5 Å². The van der Waals surface area contributed by atoms with Crippen LogP contribution < -0.4 is 0 Å². The van der Waals surface area contributed by atoms with Crippen molar-refractivity contribution in [2.75, 3.05) is 19.8 Å². The molecule has 0 saturated carbocycles. The number of hydrogen-bond acceptors (Lipinski definition) is 5. The molecule has 1 N–H and O–H groups in total. The monoisotopic (exact) mass is 224 g/mol. The summed E-state index contributed by atoms with van der Waals surface area (Å²) < 4.78 is 15.9. The lowest BCUT2D eigenvalue weighted by atomic mass is 9.75. The second-order valence-corrected chi connectivity index (χ2v) is 7.12. The van der Waals surface area contributed by atoms with E-state index < -0.39 is 17.7 Å². The van der Waals surface area contributed by atoms with Crippen molar-refractivity contribution in [2.45, 2.75) is 19.4 Å². The van der Waals surface area contributed by atoms with Crippen LogP contribution in [-0.2, 0) is 25.4 Å². The zero-order chi connectivity index (χ0) is 9.74. The quantitative estimate of drug-likeness (QED) is 0.674. The van der Waals surface area contributed by atoms with Gasteiger partial charge in [-0.25, -0.2) is 0 Å². The Morgan fingerprint density at radius 2 is 1.62 bits per heavy atom. The Labute approximate surface area is 82.4 Å². The third-order valence-corrected chi connectivity index (χ3v) is 5.08. The Morgan fingerprint density at radius 3 is 1.92 bits per heavy atom. The minimum absolute atomic E-state index is 0.438. The maximum Gasteiger partial charge on any atom is 0.327 e. The highest BCUT2D eigenvalue weighted by Crippen LogP contribution is 2.62. The molecule has 0 amide bonds. The summed E-state index contributed by atoms with van der Waals surface area (Å²) in [4.78, 5) is 0. The smallest absolute Gasteiger partial charge is 0.327 e. The fraction of sp³-hybridized carbons (Fsp3) is 1.00. The summed E-state index contributed by atoms with van der Waals surface area (Å²) in [5.74, 6) is 0. The number of aliphatic hydroxyl groups is 1. The van der Waals surface area contributed by atoms with Gasteiger partial charge in [-0.3, -0.25) is 0 Å². The Bertz CT molecular complexity index is 241. The van der Waals surface area contributed by atoms with Crippen LogP contribution in [-0.4, -0.2) is 30.5 Å². The van der Waals surface area contributed by atoms with Crippen LogP contribution in [0.25, 0.3) is 0 Å². The normalized spacial score (nSPS) is 45.2. The molecule has 0 atom stereocenters. The van der Waals surface area contributed by atoms with Crippen molar-refractivity contribution in [1.29, 1.82) is 0 Å². The molecule has 0 spiro atoms. The van der Waals surface area contributed by atoms with Gasteiger partial charge in [0.2, 0.25) is 0 Å². The number of rotatable bonds is 1. The van der Waals surface area contributed by atoms with E-state index in [-0.39, 0.29) is 0 Å². The van der Waals surface area contributed by atoms with E-state index in [0.29, 0.717) is 19.8 Å². The fourth-order valence-electron chi connectivity index (χ4n) is 1.37. The summed E-state index contributed by atoms with van der Waals surface area (Å²) in [6.07, 6.45) is 0. The molecule has 0 aromatic rings. The van der Waals surface area contributed by atoms with Gasteiger partial charge >= 0.3 is 6.72 Å². The molecular weight excluding hydrogens is 211 g/mol. The molecule has 13 heavy (non-hydrogen) atoms. The topological polar surface area (TPSA) is 47.9 Å². The van der Waals surface area contributed by atoms with Gasteiger partial charge < -0.3 is 18.7 Å². The maximum atomic E-state index is 9.94. The SMILES string of the molecule is CC(C)(O)C12COP(=S)(OC1)OC2. The van der Waals surface area contributed by atoms with Gasteiger partial charge in [-0.15, -0.1) is 0 Å². The van der Waals surface area contributed by atoms with Crippen molar-refractivity contribution in [3.05, 3.63) is 0 Å². The van der Waals surface area contributed by atoms with E-state index in [1.54, 1.807) is 13.8 Å². The van der Waals surface area contributed by atoms with Gasteiger partial charge in [-0.1, -0.05) is 0 Å². The second-order valence-electron chi connectivity index (χ2n) is 4.11. The van der Waals surface area contributed by atoms with Crippen LogP contribution in [0.2, 0.25) is 0 Å². The molecule has 6 heteroatoms. The van der Waals surface area contributed by atoms with Crippen molar-refractivity contribution in [3.63, 3.8) is 0 Å². The Morgan fingerprint density at radius 1 is 1.23 bits per heavy atom. The summed E-state index contributed by atoms with van der Waals surface area (Å²) in [6, 6.07) is 0. The van der Waals surface area contributed by atoms with Crippen molar-refractivity contribution < 1.29 is 18.7 Å². The van der Waals surface area contributed by atoms with Gasteiger partial charge in [-0.2, -0.15) is 0 Å². The second kappa shape index (κ2) is 2.75. The van der Waals surface area contributed by atoms with Crippen LogP contribution in [0.15, 0.2) is 0 Å². The first-order valence-electron chi connectivity index (χ1n) is 4.13. The molecule has 4 nitrogen and oxygen atoms in total. The lowest BCUT2D eigenvalue weighted by Crippen LogP contribution is -2.57. The van der Waals surface area contributed by atoms with E-state index in [1.165, 1.54) is 0 Å². The molecule has 0 aromatic carbocycles. The lowest BCUT2D eigenvalue weighted by Gasteiger charge is -2.51. The molecule has 0 radical (unpaired) electrons. The first-order valence-corrected chi connectivity index (χ1v) is 6.69. The van der Waals surface area contributed by atoms with Crippen LogP contribution in [0.5, 0.6) is 0 Å². The van der Waals surface area contributed by atoms with Crippen LogP contribution in [0, 0.1) is 5.41 Å². The molecule has 0 aliphatic carbocycles. The van der Waals surface area contributed by atoms with Crippen LogP contribution in [0.4, 0.5) is 0 Å². The third-order valence-electron chi connectivity index (χ3n) is 2.79. The Balaban J connectivity index is 2.25. The summed E-state index contributed by atoms with van der Waals surface area (Å²) in [5, 5.41) is 9.94. The molecule has 0 unspecified atom stereocenters. The molecule has 3 rings (SSSR count). The van der Waals surface area contributed by atoms with E-state index in [9.17, 15) is 5.11 Å². The van der Waals surface area contributed by atoms with E-state index in [2.05, 4.69) is 0 Å². The highest BCUT2D eigenvalue weighted by Gasteiger charge is 2.55. The fourth-order valence-corrected chi connectivity index (χ4v) is 3.29. The number of hydrogen-bond donors (Lipinski definition) is 1. The summed E-state index contributed by atoms with van der Waals surface area (Å²) in [7, 11) is 0. The van der Waals surface area contributed by atoms with E-state index >= 15 is 0 Å². The predicted octanol–water partition coefficient (Wildman–Crippen LogP) is 1.05. The van der Waals surface area contributed by atoms with Crippen LogP contribution >= 0.6 is 6.72 Å². The Hall–Kier alpha value is 0.490. The van der Waals surface area contributed by atoms with E-state index in [1.807, 2.05) is 0 Å². The average Bonchev–Trinajstić information content (AvgIpc) is 2.04. The molecule has 76 valence electrons. The third kappa shape index (κ3) is 1.48. The standard InChI is InChI=1S/C7H13O4PS/c1-6(2,8)7-3-9-12(13,10-4-7)11-5-7/h8H,3-5H2,1-2H3. The van der Waals surface area contributed by atoms with Gasteiger partial charge in [0.15, 0.2) is 0 Å². The molecule has 3 aliphatic rings. The Kier molecular flexibility index (Phi) is 2.12. The van der Waals surface area contributed by atoms with Crippen LogP contribution in [0.1, 0.15) is 13.8 Å². The van der Waals surface area contributed by atoms with Gasteiger partial charge in [-0.05, 0) is 25.7 Å². The maximum absolute atomic E-state index is 9.94. The minimum atomic E-state index is -2.42. The largest absolute Gasteiger partial charge is 0.390 e. The van der Waals surface area contributed by atoms with Gasteiger partial charge in [0.05, 0.1) is 30.8 Å². The zero-order valence-corrected chi connectivity index (χ0v) is 9.36. The molecular formula is C7H13O4PS. The van der Waals surface area contributed by atoms with Gasteiger partial charge in [0, 0.05) is 0 Å². The summed E-state index contributed by atoms with van der Waals surface area (Å²) >= 11 is 5.03. The number of fused-ring (bicyclic) bond motifs is 3. The first-order chi connectivity index (χ1) is 5.87. The van der Waals surface area contributed by atoms with Crippen molar-refractivity contribution in [1.82, 2.24) is 0 Å². The van der Waals surface area contributed by atoms with Gasteiger partial charge in [0.1, 0.15) is 0 Å². The highest BCUT2D eigenvalue weighted by atomic mass is 32.5. The summed E-state index contributed by atoms with van der Waals surface area (Å²) in [5.41, 5.74) is -1.32. The molecule has 0 aromatic heterocycles. The zero-order valence-electron chi connectivity index (χ0n) is 7.65.